The Morgan fingerprint density at radius 3 is 2.05 bits per heavy atom. The van der Waals surface area contributed by atoms with Crippen LogP contribution >= 0.6 is 0 Å². The van der Waals surface area contributed by atoms with Crippen molar-refractivity contribution in [1.29, 1.82) is 0 Å². The van der Waals surface area contributed by atoms with E-state index in [0.29, 0.717) is 0 Å². The number of nitrogens with zero attached hydrogens (tertiary/aromatic N) is 1. The highest BCUT2D eigenvalue weighted by Gasteiger charge is 2.28. The number of hydrogen-bond acceptors (Lipinski definition) is 1. The van der Waals surface area contributed by atoms with Crippen LogP contribution in [0.2, 0.25) is 0 Å². The lowest BCUT2D eigenvalue weighted by Gasteiger charge is -2.29. The number of aromatic nitrogens is 1. The van der Waals surface area contributed by atoms with E-state index < -0.39 is 0 Å². The highest BCUT2D eigenvalue weighted by Crippen LogP contribution is 2.31. The van der Waals surface area contributed by atoms with Gasteiger partial charge in [0.25, 0.3) is 5.56 Å². The summed E-state index contributed by atoms with van der Waals surface area (Å²) in [7, 11) is 0. The summed E-state index contributed by atoms with van der Waals surface area (Å²) in [5, 5.41) is 0. The van der Waals surface area contributed by atoms with Gasteiger partial charge in [0, 0.05) is 18.3 Å². The van der Waals surface area contributed by atoms with E-state index in [2.05, 4.69) is 54.5 Å². The van der Waals surface area contributed by atoms with Gasteiger partial charge < -0.3 is 4.57 Å². The zero-order valence-corrected chi connectivity index (χ0v) is 13.6. The average molecular weight is 263 g/mol. The van der Waals surface area contributed by atoms with E-state index in [1.807, 2.05) is 10.8 Å². The lowest BCUT2D eigenvalue weighted by Crippen LogP contribution is -2.35. The van der Waals surface area contributed by atoms with Crippen LogP contribution in [-0.2, 0) is 17.4 Å². The first-order valence-electron chi connectivity index (χ1n) is 7.33. The van der Waals surface area contributed by atoms with Crippen molar-refractivity contribution in [2.75, 3.05) is 0 Å². The van der Waals surface area contributed by atoms with Gasteiger partial charge in [-0.3, -0.25) is 4.79 Å². The molecule has 0 radical (unpaired) electrons. The van der Waals surface area contributed by atoms with Crippen molar-refractivity contribution in [3.8, 4) is 0 Å². The maximum Gasteiger partial charge on any atom is 0.254 e. The van der Waals surface area contributed by atoms with E-state index in [4.69, 9.17) is 0 Å². The quantitative estimate of drug-likeness (QED) is 0.799. The summed E-state index contributed by atoms with van der Waals surface area (Å²) in [5.74, 6) is 0. The topological polar surface area (TPSA) is 22.0 Å². The third-order valence-electron chi connectivity index (χ3n) is 3.48. The van der Waals surface area contributed by atoms with E-state index in [-0.39, 0.29) is 16.4 Å². The molecule has 1 aromatic rings. The van der Waals surface area contributed by atoms with Gasteiger partial charge in [0.1, 0.15) is 0 Å². The van der Waals surface area contributed by atoms with Gasteiger partial charge in [-0.15, -0.1) is 0 Å². The van der Waals surface area contributed by atoms with Crippen LogP contribution in [0.1, 0.15) is 72.4 Å². The Morgan fingerprint density at radius 2 is 1.63 bits per heavy atom. The van der Waals surface area contributed by atoms with E-state index in [9.17, 15) is 4.79 Å². The molecule has 108 valence electrons. The minimum atomic E-state index is -0.116. The van der Waals surface area contributed by atoms with Crippen LogP contribution in [0, 0.1) is 0 Å². The van der Waals surface area contributed by atoms with Gasteiger partial charge in [0.2, 0.25) is 0 Å². The fourth-order valence-electron chi connectivity index (χ4n) is 2.43. The Hall–Kier alpha value is -1.05. The van der Waals surface area contributed by atoms with Gasteiger partial charge in [0.05, 0.1) is 0 Å². The Morgan fingerprint density at radius 1 is 1.05 bits per heavy atom. The second-order valence-corrected chi connectivity index (χ2v) is 7.46. The van der Waals surface area contributed by atoms with Gasteiger partial charge in [-0.1, -0.05) is 54.9 Å². The van der Waals surface area contributed by atoms with Crippen LogP contribution in [0.4, 0.5) is 0 Å². The molecule has 0 spiro atoms. The van der Waals surface area contributed by atoms with E-state index in [0.717, 1.165) is 24.9 Å². The van der Waals surface area contributed by atoms with Gasteiger partial charge >= 0.3 is 0 Å². The van der Waals surface area contributed by atoms with Crippen molar-refractivity contribution in [3.05, 3.63) is 33.7 Å². The standard InChI is InChI=1S/C17H29NO/c1-8-9-11-18-12-10-13(16(2,3)4)14(15(18)19)17(5,6)7/h10,12H,8-9,11H2,1-7H3. The van der Waals surface area contributed by atoms with Gasteiger partial charge in [-0.05, 0) is 28.9 Å². The third-order valence-corrected chi connectivity index (χ3v) is 3.48. The summed E-state index contributed by atoms with van der Waals surface area (Å²) in [5.41, 5.74) is 2.23. The lowest BCUT2D eigenvalue weighted by molar-refractivity contribution is 0.505. The van der Waals surface area contributed by atoms with Crippen molar-refractivity contribution in [2.45, 2.75) is 78.7 Å². The molecule has 1 rings (SSSR count). The predicted octanol–water partition coefficient (Wildman–Crippen LogP) is 4.24. The molecule has 19 heavy (non-hydrogen) atoms. The van der Waals surface area contributed by atoms with Crippen LogP contribution in [-0.4, -0.2) is 4.57 Å². The number of unbranched alkanes of at least 4 members (excludes halogenated alkanes) is 1. The fraction of sp³-hybridized carbons (Fsp3) is 0.706. The van der Waals surface area contributed by atoms with Crippen LogP contribution < -0.4 is 5.56 Å². The molecule has 2 nitrogen and oxygen atoms in total. The van der Waals surface area contributed by atoms with Crippen molar-refractivity contribution in [3.63, 3.8) is 0 Å². The van der Waals surface area contributed by atoms with E-state index in [1.54, 1.807) is 0 Å². The number of aryl methyl sites for hydroxylation is 1. The second-order valence-electron chi connectivity index (χ2n) is 7.46. The molecule has 0 bridgehead atoms. The fourth-order valence-corrected chi connectivity index (χ4v) is 2.43. The van der Waals surface area contributed by atoms with Gasteiger partial charge in [-0.2, -0.15) is 0 Å². The Bertz CT molecular complexity index is 483. The second kappa shape index (κ2) is 5.52. The molecule has 0 saturated heterocycles. The number of rotatable bonds is 3. The molecule has 0 aliphatic heterocycles. The molecule has 0 aromatic carbocycles. The van der Waals surface area contributed by atoms with Crippen LogP contribution in [0.15, 0.2) is 17.1 Å². The van der Waals surface area contributed by atoms with Gasteiger partial charge in [0.15, 0.2) is 0 Å². The Labute approximate surface area is 117 Å². The van der Waals surface area contributed by atoms with E-state index in [1.165, 1.54) is 5.56 Å². The smallest absolute Gasteiger partial charge is 0.254 e. The monoisotopic (exact) mass is 263 g/mol. The Kier molecular flexibility index (Phi) is 4.65. The minimum Gasteiger partial charge on any atom is -0.315 e. The maximum atomic E-state index is 12.8. The minimum absolute atomic E-state index is 0.00558. The molecule has 0 amide bonds. The Balaban J connectivity index is 3.47. The molecular weight excluding hydrogens is 234 g/mol. The molecule has 0 saturated carbocycles. The van der Waals surface area contributed by atoms with Crippen LogP contribution in [0.3, 0.4) is 0 Å². The highest BCUT2D eigenvalue weighted by molar-refractivity contribution is 5.35. The summed E-state index contributed by atoms with van der Waals surface area (Å²) < 4.78 is 1.87. The molecular formula is C17H29NO. The molecule has 1 aromatic heterocycles. The molecule has 0 atom stereocenters. The van der Waals surface area contributed by atoms with Crippen LogP contribution in [0.5, 0.6) is 0 Å². The van der Waals surface area contributed by atoms with Crippen molar-refractivity contribution < 1.29 is 0 Å². The molecule has 2 heteroatoms. The molecule has 0 N–H and O–H groups in total. The number of pyridine rings is 1. The summed E-state index contributed by atoms with van der Waals surface area (Å²) in [6.07, 6.45) is 4.13. The summed E-state index contributed by atoms with van der Waals surface area (Å²) >= 11 is 0. The van der Waals surface area contributed by atoms with Crippen molar-refractivity contribution in [1.82, 2.24) is 4.57 Å². The largest absolute Gasteiger partial charge is 0.315 e. The first-order valence-corrected chi connectivity index (χ1v) is 7.33. The molecule has 0 fully saturated rings. The normalized spacial score (nSPS) is 12.8. The highest BCUT2D eigenvalue weighted by atomic mass is 16.1. The molecule has 1 heterocycles. The first-order chi connectivity index (χ1) is 8.59. The SMILES string of the molecule is CCCCn1ccc(C(C)(C)C)c(C(C)(C)C)c1=O. The van der Waals surface area contributed by atoms with Crippen LogP contribution in [0.25, 0.3) is 0 Å². The zero-order valence-electron chi connectivity index (χ0n) is 13.6. The molecule has 0 aliphatic rings. The predicted molar refractivity (Wildman–Crippen MR) is 83.0 cm³/mol. The first kappa shape index (κ1) is 16.0. The number of hydrogen-bond donors (Lipinski definition) is 0. The molecule has 0 aliphatic carbocycles. The van der Waals surface area contributed by atoms with E-state index >= 15 is 0 Å². The summed E-state index contributed by atoms with van der Waals surface area (Å²) in [6, 6.07) is 2.14. The average Bonchev–Trinajstić information content (AvgIpc) is 2.24. The van der Waals surface area contributed by atoms with Crippen molar-refractivity contribution in [2.24, 2.45) is 0 Å². The van der Waals surface area contributed by atoms with Gasteiger partial charge in [-0.25, -0.2) is 0 Å². The van der Waals surface area contributed by atoms with Crippen molar-refractivity contribution >= 4 is 0 Å². The lowest BCUT2D eigenvalue weighted by atomic mass is 9.76. The summed E-state index contributed by atoms with van der Waals surface area (Å²) in [6.45, 7) is 15.9. The maximum absolute atomic E-state index is 12.8. The zero-order chi connectivity index (χ0) is 14.8. The summed E-state index contributed by atoms with van der Waals surface area (Å²) in [4.78, 5) is 12.8. The third kappa shape index (κ3) is 3.71. The molecule has 0 unspecified atom stereocenters.